The number of carbonyl (C=O) groups excluding carboxylic acids is 2. The number of rotatable bonds is 11. The summed E-state index contributed by atoms with van der Waals surface area (Å²) >= 11 is 8.96. The molecule has 216 valence electrons. The first-order chi connectivity index (χ1) is 20.4. The van der Waals surface area contributed by atoms with E-state index in [4.69, 9.17) is 16.3 Å². The Morgan fingerprint density at radius 1 is 1.05 bits per heavy atom. The summed E-state index contributed by atoms with van der Waals surface area (Å²) in [5.74, 6) is -0.609. The number of ketones is 1. The van der Waals surface area contributed by atoms with Gasteiger partial charge in [0, 0.05) is 16.3 Å². The second kappa shape index (κ2) is 13.5. The highest BCUT2D eigenvalue weighted by atomic mass is 35.5. The van der Waals surface area contributed by atoms with E-state index in [1.54, 1.807) is 12.1 Å². The number of Topliss-reactive ketones (excluding diaryl/α,β-unsaturated/α-hetero) is 1. The van der Waals surface area contributed by atoms with E-state index in [2.05, 4.69) is 17.1 Å². The van der Waals surface area contributed by atoms with Gasteiger partial charge in [0.15, 0.2) is 4.34 Å². The van der Waals surface area contributed by atoms with Gasteiger partial charge in [0.05, 0.1) is 18.2 Å². The monoisotopic (exact) mass is 619 g/mol. The molecule has 0 aliphatic carbocycles. The number of ether oxygens (including phenoxy) is 1. The molecule has 2 heterocycles. The maximum atomic E-state index is 13.6. The first-order valence-corrected chi connectivity index (χ1v) is 15.9. The van der Waals surface area contributed by atoms with Gasteiger partial charge in [0.1, 0.15) is 11.5 Å². The summed E-state index contributed by atoms with van der Waals surface area (Å²) in [6, 6.07) is 21.1. The van der Waals surface area contributed by atoms with Crippen LogP contribution < -0.4 is 9.64 Å². The van der Waals surface area contributed by atoms with Crippen molar-refractivity contribution < 1.29 is 19.4 Å². The fraction of sp³-hybridized carbons (Fsp3) is 0.250. The minimum absolute atomic E-state index is 0.00698. The Labute approximate surface area is 258 Å². The van der Waals surface area contributed by atoms with Gasteiger partial charge in [-0.15, -0.1) is 10.2 Å². The topological polar surface area (TPSA) is 92.6 Å². The van der Waals surface area contributed by atoms with E-state index in [0.29, 0.717) is 38.6 Å². The molecular weight excluding hydrogens is 590 g/mol. The summed E-state index contributed by atoms with van der Waals surface area (Å²) in [4.78, 5) is 28.4. The van der Waals surface area contributed by atoms with Crippen molar-refractivity contribution in [3.63, 3.8) is 0 Å². The fourth-order valence-corrected chi connectivity index (χ4v) is 6.80. The summed E-state index contributed by atoms with van der Waals surface area (Å²) < 4.78 is 6.60. The number of thioether (sulfide) groups is 1. The molecule has 3 aromatic carbocycles. The van der Waals surface area contributed by atoms with Crippen LogP contribution in [-0.4, -0.2) is 33.6 Å². The molecule has 1 aliphatic heterocycles. The molecule has 1 N–H and O–H groups in total. The summed E-state index contributed by atoms with van der Waals surface area (Å²) in [7, 11) is 0. The molecule has 1 fully saturated rings. The van der Waals surface area contributed by atoms with Crippen molar-refractivity contribution in [2.75, 3.05) is 11.5 Å². The van der Waals surface area contributed by atoms with Crippen LogP contribution in [-0.2, 0) is 15.3 Å². The average Bonchev–Trinajstić information content (AvgIpc) is 3.57. The Balaban J connectivity index is 1.52. The molecule has 1 unspecified atom stereocenters. The number of hydrogen-bond donors (Lipinski definition) is 1. The van der Waals surface area contributed by atoms with Crippen molar-refractivity contribution >= 4 is 57.3 Å². The molecule has 0 radical (unpaired) electrons. The third-order valence-corrected chi connectivity index (χ3v) is 9.34. The van der Waals surface area contributed by atoms with E-state index in [1.165, 1.54) is 28.0 Å². The van der Waals surface area contributed by atoms with Crippen molar-refractivity contribution in [3.8, 4) is 5.75 Å². The number of hydrogen-bond acceptors (Lipinski definition) is 8. The first kappa shape index (κ1) is 29.8. The van der Waals surface area contributed by atoms with Gasteiger partial charge in [-0.1, -0.05) is 115 Å². The molecule has 1 aromatic heterocycles. The number of carbonyl (C=O) groups is 2. The quantitative estimate of drug-likeness (QED) is 0.0454. The van der Waals surface area contributed by atoms with Crippen molar-refractivity contribution in [2.24, 2.45) is 0 Å². The van der Waals surface area contributed by atoms with Gasteiger partial charge in [-0.3, -0.25) is 14.5 Å². The molecule has 5 rings (SSSR count). The lowest BCUT2D eigenvalue weighted by molar-refractivity contribution is -0.132. The standard InChI is InChI=1S/C32H30ClN3O4S2/c1-3-4-7-17-40-24-11-8-10-22(18-24)27-26(28(37)21-15-13-20(2)14-16-21)29(38)30(39)36(27)31-34-35-32(42-31)41-19-23-9-5-6-12-25(23)33/h5-6,8-16,18,27,37H,3-4,7,17,19H2,1-2H3/b28-26+. The number of benzene rings is 3. The van der Waals surface area contributed by atoms with Crippen LogP contribution in [0.15, 0.2) is 82.7 Å². The Morgan fingerprint density at radius 3 is 2.60 bits per heavy atom. The third kappa shape index (κ3) is 6.53. The van der Waals surface area contributed by atoms with Crippen LogP contribution in [0.5, 0.6) is 5.75 Å². The van der Waals surface area contributed by atoms with Gasteiger partial charge in [-0.05, 0) is 42.7 Å². The summed E-state index contributed by atoms with van der Waals surface area (Å²) in [6.07, 6.45) is 3.06. The van der Waals surface area contributed by atoms with Crippen LogP contribution in [0.2, 0.25) is 5.02 Å². The second-order valence-corrected chi connectivity index (χ2v) is 12.5. The van der Waals surface area contributed by atoms with E-state index in [-0.39, 0.29) is 16.5 Å². The molecule has 10 heteroatoms. The number of aryl methyl sites for hydroxylation is 1. The van der Waals surface area contributed by atoms with Gasteiger partial charge in [0.2, 0.25) is 5.13 Å². The summed E-state index contributed by atoms with van der Waals surface area (Å²) in [5, 5.41) is 20.9. The maximum absolute atomic E-state index is 13.6. The Bertz CT molecular complexity index is 1620. The fourth-order valence-electron chi connectivity index (χ4n) is 4.64. The lowest BCUT2D eigenvalue weighted by atomic mass is 9.95. The SMILES string of the molecule is CCCCCOc1cccc(C2/C(=C(\O)c3ccc(C)cc3)C(=O)C(=O)N2c2nnc(SCc3ccccc3Cl)s2)c1. The zero-order valence-corrected chi connectivity index (χ0v) is 25.6. The first-order valence-electron chi connectivity index (χ1n) is 13.7. The Hall–Kier alpha value is -3.66. The third-order valence-electron chi connectivity index (χ3n) is 6.87. The molecule has 1 saturated heterocycles. The predicted octanol–water partition coefficient (Wildman–Crippen LogP) is 7.99. The van der Waals surface area contributed by atoms with Crippen LogP contribution in [0, 0.1) is 6.92 Å². The largest absolute Gasteiger partial charge is 0.507 e. The molecule has 4 aromatic rings. The molecule has 42 heavy (non-hydrogen) atoms. The molecule has 0 saturated carbocycles. The van der Waals surface area contributed by atoms with Gasteiger partial charge >= 0.3 is 5.91 Å². The lowest BCUT2D eigenvalue weighted by Gasteiger charge is -2.23. The minimum Gasteiger partial charge on any atom is -0.507 e. The smallest absolute Gasteiger partial charge is 0.301 e. The number of unbranched alkanes of at least 4 members (excludes halogenated alkanes) is 2. The molecule has 7 nitrogen and oxygen atoms in total. The van der Waals surface area contributed by atoms with Crippen LogP contribution in [0.25, 0.3) is 5.76 Å². The second-order valence-electron chi connectivity index (χ2n) is 9.89. The van der Waals surface area contributed by atoms with Gasteiger partial charge in [-0.2, -0.15) is 0 Å². The zero-order valence-electron chi connectivity index (χ0n) is 23.2. The van der Waals surface area contributed by atoms with Crippen molar-refractivity contribution in [1.82, 2.24) is 10.2 Å². The number of halogens is 1. The molecule has 1 aliphatic rings. The van der Waals surface area contributed by atoms with Crippen molar-refractivity contribution in [3.05, 3.63) is 106 Å². The molecule has 1 amide bonds. The van der Waals surface area contributed by atoms with Crippen LogP contribution in [0.3, 0.4) is 0 Å². The molecule has 1 atom stereocenters. The van der Waals surface area contributed by atoms with E-state index >= 15 is 0 Å². The highest BCUT2D eigenvalue weighted by Gasteiger charge is 2.48. The van der Waals surface area contributed by atoms with Crippen LogP contribution in [0.1, 0.15) is 54.5 Å². The van der Waals surface area contributed by atoms with Crippen LogP contribution in [0.4, 0.5) is 5.13 Å². The van der Waals surface area contributed by atoms with E-state index in [0.717, 1.165) is 30.4 Å². The summed E-state index contributed by atoms with van der Waals surface area (Å²) in [6.45, 7) is 4.63. The number of aromatic nitrogens is 2. The van der Waals surface area contributed by atoms with Gasteiger partial charge in [0.25, 0.3) is 5.78 Å². The number of aliphatic hydroxyl groups is 1. The highest BCUT2D eigenvalue weighted by molar-refractivity contribution is 8.00. The van der Waals surface area contributed by atoms with E-state index in [1.807, 2.05) is 67.6 Å². The van der Waals surface area contributed by atoms with Crippen LogP contribution >= 0.6 is 34.7 Å². The number of amides is 1. The van der Waals surface area contributed by atoms with E-state index < -0.39 is 17.7 Å². The highest BCUT2D eigenvalue weighted by Crippen LogP contribution is 2.44. The molecule has 0 bridgehead atoms. The Morgan fingerprint density at radius 2 is 1.83 bits per heavy atom. The molecule has 0 spiro atoms. The minimum atomic E-state index is -0.917. The van der Waals surface area contributed by atoms with E-state index in [9.17, 15) is 14.7 Å². The van der Waals surface area contributed by atoms with Gasteiger partial charge < -0.3 is 9.84 Å². The summed E-state index contributed by atoms with van der Waals surface area (Å²) in [5.41, 5.74) is 3.02. The maximum Gasteiger partial charge on any atom is 0.301 e. The molecular formula is C32H30ClN3O4S2. The number of aliphatic hydroxyl groups excluding tert-OH is 1. The number of nitrogens with zero attached hydrogens (tertiary/aromatic N) is 3. The average molecular weight is 620 g/mol. The zero-order chi connectivity index (χ0) is 29.6. The Kier molecular flexibility index (Phi) is 9.62. The van der Waals surface area contributed by atoms with Crippen molar-refractivity contribution in [1.29, 1.82) is 0 Å². The normalized spacial score (nSPS) is 16.3. The predicted molar refractivity (Wildman–Crippen MR) is 168 cm³/mol. The van der Waals surface area contributed by atoms with Gasteiger partial charge in [-0.25, -0.2) is 0 Å². The van der Waals surface area contributed by atoms with Crippen molar-refractivity contribution in [2.45, 2.75) is 49.2 Å². The number of anilines is 1. The lowest BCUT2D eigenvalue weighted by Crippen LogP contribution is -2.29.